The third-order valence-electron chi connectivity index (χ3n) is 5.84. The predicted molar refractivity (Wildman–Crippen MR) is 116 cm³/mol. The fraction of sp³-hybridized carbons (Fsp3) is 0.520. The molecule has 0 fully saturated rings. The van der Waals surface area contributed by atoms with Gasteiger partial charge in [0.1, 0.15) is 11.5 Å². The lowest BCUT2D eigenvalue weighted by atomic mass is 9.72. The van der Waals surface area contributed by atoms with Gasteiger partial charge in [0.25, 0.3) is 0 Å². The number of phenolic OH excluding ortho intramolecular Hbond substituents is 2. The summed E-state index contributed by atoms with van der Waals surface area (Å²) in [4.78, 5) is 0. The normalized spacial score (nSPS) is 11.6. The predicted octanol–water partition coefficient (Wildman–Crippen LogP) is 6.30. The second kappa shape index (κ2) is 11.8. The minimum atomic E-state index is -0.133. The average Bonchev–Trinajstić information content (AvgIpc) is 2.70. The second-order valence-electron chi connectivity index (χ2n) is 8.08. The van der Waals surface area contributed by atoms with Crippen molar-refractivity contribution in [3.05, 3.63) is 59.7 Å². The van der Waals surface area contributed by atoms with Gasteiger partial charge in [0, 0.05) is 12.0 Å². The molecule has 3 heteroatoms. The van der Waals surface area contributed by atoms with Crippen LogP contribution in [0.25, 0.3) is 0 Å². The number of aliphatic hydroxyl groups excluding tert-OH is 1. The van der Waals surface area contributed by atoms with Gasteiger partial charge in [-0.25, -0.2) is 0 Å². The monoisotopic (exact) mass is 384 g/mol. The van der Waals surface area contributed by atoms with Crippen LogP contribution in [0.5, 0.6) is 11.5 Å². The molecule has 0 radical (unpaired) electrons. The van der Waals surface area contributed by atoms with E-state index in [1.54, 1.807) is 24.3 Å². The highest BCUT2D eigenvalue weighted by Crippen LogP contribution is 2.38. The number of aliphatic hydroxyl groups is 1. The van der Waals surface area contributed by atoms with Gasteiger partial charge >= 0.3 is 0 Å². The molecular weight excluding hydrogens is 348 g/mol. The molecule has 0 bridgehead atoms. The number of hydrogen-bond donors (Lipinski definition) is 3. The molecule has 0 atom stereocenters. The Bertz CT molecular complexity index is 616. The van der Waals surface area contributed by atoms with E-state index in [9.17, 15) is 10.2 Å². The van der Waals surface area contributed by atoms with E-state index in [1.165, 1.54) is 49.7 Å². The van der Waals surface area contributed by atoms with Gasteiger partial charge in [-0.3, -0.25) is 0 Å². The fourth-order valence-corrected chi connectivity index (χ4v) is 3.94. The molecule has 0 spiro atoms. The number of aromatic hydroxyl groups is 2. The molecule has 3 N–H and O–H groups in total. The van der Waals surface area contributed by atoms with Gasteiger partial charge in [0.05, 0.1) is 0 Å². The number of rotatable bonds is 13. The summed E-state index contributed by atoms with van der Waals surface area (Å²) in [6, 6.07) is 15.1. The smallest absolute Gasteiger partial charge is 0.115 e. The van der Waals surface area contributed by atoms with Crippen LogP contribution in [0.4, 0.5) is 0 Å². The van der Waals surface area contributed by atoms with Crippen LogP contribution < -0.4 is 0 Å². The van der Waals surface area contributed by atoms with Crippen molar-refractivity contribution in [2.24, 2.45) is 0 Å². The maximum atomic E-state index is 9.65. The molecule has 0 saturated heterocycles. The van der Waals surface area contributed by atoms with Crippen molar-refractivity contribution in [1.29, 1.82) is 0 Å². The van der Waals surface area contributed by atoms with E-state index in [2.05, 4.69) is 6.92 Å². The molecule has 0 amide bonds. The quantitative estimate of drug-likeness (QED) is 0.355. The van der Waals surface area contributed by atoms with Crippen molar-refractivity contribution in [2.75, 3.05) is 6.61 Å². The Morgan fingerprint density at radius 1 is 0.571 bits per heavy atom. The molecule has 0 aliphatic carbocycles. The van der Waals surface area contributed by atoms with Crippen LogP contribution in [0.2, 0.25) is 0 Å². The van der Waals surface area contributed by atoms with Crippen LogP contribution in [0.15, 0.2) is 48.5 Å². The van der Waals surface area contributed by atoms with E-state index in [4.69, 9.17) is 5.11 Å². The Hall–Kier alpha value is -2.00. The zero-order chi connectivity index (χ0) is 20.2. The van der Waals surface area contributed by atoms with Crippen molar-refractivity contribution in [3.63, 3.8) is 0 Å². The van der Waals surface area contributed by atoms with Gasteiger partial charge in [-0.15, -0.1) is 0 Å². The third kappa shape index (κ3) is 6.87. The molecule has 0 heterocycles. The molecule has 2 aromatic carbocycles. The molecule has 0 saturated carbocycles. The zero-order valence-corrected chi connectivity index (χ0v) is 17.2. The highest BCUT2D eigenvalue weighted by atomic mass is 16.3. The maximum absolute atomic E-state index is 9.65. The van der Waals surface area contributed by atoms with E-state index < -0.39 is 0 Å². The maximum Gasteiger partial charge on any atom is 0.115 e. The van der Waals surface area contributed by atoms with Crippen LogP contribution in [0, 0.1) is 0 Å². The Morgan fingerprint density at radius 2 is 0.929 bits per heavy atom. The highest BCUT2D eigenvalue weighted by molar-refractivity contribution is 5.42. The van der Waals surface area contributed by atoms with Crippen LogP contribution in [-0.2, 0) is 5.41 Å². The lowest BCUT2D eigenvalue weighted by Crippen LogP contribution is -2.23. The molecule has 2 aromatic rings. The second-order valence-corrected chi connectivity index (χ2v) is 8.08. The minimum absolute atomic E-state index is 0.133. The summed E-state index contributed by atoms with van der Waals surface area (Å²) >= 11 is 0. The number of hydrogen-bond acceptors (Lipinski definition) is 3. The Morgan fingerprint density at radius 3 is 1.32 bits per heavy atom. The summed E-state index contributed by atoms with van der Waals surface area (Å²) < 4.78 is 0. The zero-order valence-electron chi connectivity index (χ0n) is 17.2. The summed E-state index contributed by atoms with van der Waals surface area (Å²) in [5.74, 6) is 0.576. The van der Waals surface area contributed by atoms with Gasteiger partial charge in [0.2, 0.25) is 0 Å². The van der Waals surface area contributed by atoms with Crippen molar-refractivity contribution in [3.8, 4) is 11.5 Å². The molecule has 3 nitrogen and oxygen atoms in total. The summed E-state index contributed by atoms with van der Waals surface area (Å²) in [5.41, 5.74) is 2.26. The molecule has 0 aliphatic rings. The summed E-state index contributed by atoms with van der Waals surface area (Å²) in [5, 5.41) is 28.1. The van der Waals surface area contributed by atoms with Gasteiger partial charge in [0.15, 0.2) is 0 Å². The number of benzene rings is 2. The van der Waals surface area contributed by atoms with E-state index in [0.29, 0.717) is 6.61 Å². The van der Waals surface area contributed by atoms with Crippen molar-refractivity contribution in [1.82, 2.24) is 0 Å². The molecule has 0 unspecified atom stereocenters. The van der Waals surface area contributed by atoms with E-state index in [1.807, 2.05) is 24.3 Å². The van der Waals surface area contributed by atoms with E-state index in [0.717, 1.165) is 25.7 Å². The van der Waals surface area contributed by atoms with Crippen LogP contribution in [0.1, 0.15) is 82.3 Å². The topological polar surface area (TPSA) is 60.7 Å². The first kappa shape index (κ1) is 22.3. The first-order chi connectivity index (χ1) is 13.6. The molecule has 154 valence electrons. The van der Waals surface area contributed by atoms with E-state index in [-0.39, 0.29) is 16.9 Å². The minimum Gasteiger partial charge on any atom is -0.508 e. The standard InChI is InChI=1S/C25H36O3/c1-25(21-11-15-23(27)16-12-21,22-13-17-24(28)18-14-22)19-9-7-5-3-2-4-6-8-10-20-26/h11-18,26-28H,2-10,19-20H2,1H3. The van der Waals surface area contributed by atoms with Gasteiger partial charge in [-0.1, -0.05) is 82.6 Å². The SMILES string of the molecule is CC(CCCCCCCCCCCO)(c1ccc(O)cc1)c1ccc(O)cc1. The molecule has 0 aliphatic heterocycles. The van der Waals surface area contributed by atoms with Gasteiger partial charge < -0.3 is 15.3 Å². The third-order valence-corrected chi connectivity index (χ3v) is 5.84. The summed E-state index contributed by atoms with van der Waals surface area (Å²) in [6.45, 7) is 2.58. The molecule has 2 rings (SSSR count). The Balaban J connectivity index is 1.87. The highest BCUT2D eigenvalue weighted by Gasteiger charge is 2.28. The number of unbranched alkanes of at least 4 members (excludes halogenated alkanes) is 8. The molecule has 0 aromatic heterocycles. The lowest BCUT2D eigenvalue weighted by molar-refractivity contribution is 0.282. The Kier molecular flexibility index (Phi) is 9.36. The van der Waals surface area contributed by atoms with Crippen LogP contribution in [-0.4, -0.2) is 21.9 Å². The first-order valence-corrected chi connectivity index (χ1v) is 10.8. The van der Waals surface area contributed by atoms with Crippen molar-refractivity contribution in [2.45, 2.75) is 76.5 Å². The molecule has 28 heavy (non-hydrogen) atoms. The van der Waals surface area contributed by atoms with Crippen molar-refractivity contribution >= 4 is 0 Å². The van der Waals surface area contributed by atoms with Crippen molar-refractivity contribution < 1.29 is 15.3 Å². The van der Waals surface area contributed by atoms with Crippen LogP contribution in [0.3, 0.4) is 0 Å². The lowest BCUT2D eigenvalue weighted by Gasteiger charge is -2.31. The van der Waals surface area contributed by atoms with Crippen LogP contribution >= 0.6 is 0 Å². The van der Waals surface area contributed by atoms with Gasteiger partial charge in [-0.05, 0) is 48.2 Å². The largest absolute Gasteiger partial charge is 0.508 e. The fourth-order valence-electron chi connectivity index (χ4n) is 3.94. The summed E-state index contributed by atoms with van der Waals surface area (Å²) in [6.07, 6.45) is 11.9. The van der Waals surface area contributed by atoms with E-state index >= 15 is 0 Å². The average molecular weight is 385 g/mol. The number of phenols is 2. The Labute approximate surface area is 170 Å². The van der Waals surface area contributed by atoms with Gasteiger partial charge in [-0.2, -0.15) is 0 Å². The molecular formula is C25H36O3. The summed E-state index contributed by atoms with van der Waals surface area (Å²) in [7, 11) is 0. The first-order valence-electron chi connectivity index (χ1n) is 10.8.